The number of thioether (sulfide) groups is 1. The van der Waals surface area contributed by atoms with Gasteiger partial charge in [-0.3, -0.25) is 0 Å². The number of nitrogens with zero attached hydrogens (tertiary/aromatic N) is 3. The normalized spacial score (nSPS) is 24.4. The Labute approximate surface area is 157 Å². The molecule has 124 valence electrons. The average Bonchev–Trinajstić information content (AvgIpc) is 2.63. The number of benzene rings is 1. The summed E-state index contributed by atoms with van der Waals surface area (Å²) in [6.07, 6.45) is 1.83. The molecule has 2 atom stereocenters. The highest BCUT2D eigenvalue weighted by atomic mass is 79.9. The topological polar surface area (TPSA) is 97.4 Å². The minimum atomic E-state index is -1.66. The van der Waals surface area contributed by atoms with Gasteiger partial charge in [-0.05, 0) is 29.3 Å². The first-order chi connectivity index (χ1) is 12.0. The SMILES string of the molecule is N#CC1=C(N)C(C#N)(C#N)C2=CCSC[C@@H]2[C@@H]1c1cc(Br)ccc1F. The Morgan fingerprint density at radius 1 is 1.28 bits per heavy atom. The highest BCUT2D eigenvalue weighted by Gasteiger charge is 2.52. The summed E-state index contributed by atoms with van der Waals surface area (Å²) >= 11 is 4.96. The molecule has 0 fully saturated rings. The molecule has 0 amide bonds. The zero-order valence-electron chi connectivity index (χ0n) is 13.0. The van der Waals surface area contributed by atoms with Gasteiger partial charge >= 0.3 is 0 Å². The van der Waals surface area contributed by atoms with Crippen LogP contribution in [-0.4, -0.2) is 11.5 Å². The molecule has 1 aromatic carbocycles. The van der Waals surface area contributed by atoms with Crippen molar-refractivity contribution in [3.63, 3.8) is 0 Å². The van der Waals surface area contributed by atoms with Crippen molar-refractivity contribution >= 4 is 27.7 Å². The maximum absolute atomic E-state index is 14.6. The second-order valence-corrected chi connectivity index (χ2v) is 7.85. The van der Waals surface area contributed by atoms with Gasteiger partial charge in [0.05, 0.1) is 29.5 Å². The third kappa shape index (κ3) is 2.54. The smallest absolute Gasteiger partial charge is 0.204 e. The van der Waals surface area contributed by atoms with E-state index in [2.05, 4.69) is 15.9 Å². The fraction of sp³-hybridized carbons (Fsp3) is 0.278. The van der Waals surface area contributed by atoms with Gasteiger partial charge in [-0.15, -0.1) is 0 Å². The largest absolute Gasteiger partial charge is 0.399 e. The minimum absolute atomic E-state index is 0.0845. The van der Waals surface area contributed by atoms with Crippen molar-refractivity contribution in [3.05, 3.63) is 57.0 Å². The summed E-state index contributed by atoms with van der Waals surface area (Å²) in [7, 11) is 0. The van der Waals surface area contributed by atoms with E-state index in [0.717, 1.165) is 0 Å². The maximum Gasteiger partial charge on any atom is 0.204 e. The van der Waals surface area contributed by atoms with Gasteiger partial charge in [0.1, 0.15) is 5.82 Å². The number of hydrogen-bond acceptors (Lipinski definition) is 5. The highest BCUT2D eigenvalue weighted by Crippen LogP contribution is 2.54. The van der Waals surface area contributed by atoms with Crippen molar-refractivity contribution in [1.29, 1.82) is 15.8 Å². The summed E-state index contributed by atoms with van der Waals surface area (Å²) in [6.45, 7) is 0. The molecule has 0 bridgehead atoms. The number of nitriles is 3. The van der Waals surface area contributed by atoms with Crippen molar-refractivity contribution < 1.29 is 4.39 Å². The fourth-order valence-corrected chi connectivity index (χ4v) is 4.99. The first-order valence-corrected chi connectivity index (χ1v) is 9.41. The fourth-order valence-electron chi connectivity index (χ4n) is 3.55. The number of fused-ring (bicyclic) bond motifs is 1. The van der Waals surface area contributed by atoms with Crippen LogP contribution in [0.1, 0.15) is 11.5 Å². The van der Waals surface area contributed by atoms with E-state index in [1.165, 1.54) is 6.07 Å². The lowest BCUT2D eigenvalue weighted by atomic mass is 9.61. The van der Waals surface area contributed by atoms with Crippen molar-refractivity contribution in [2.75, 3.05) is 11.5 Å². The number of hydrogen-bond donors (Lipinski definition) is 1. The summed E-state index contributed by atoms with van der Waals surface area (Å²) in [6, 6.07) is 10.6. The van der Waals surface area contributed by atoms with Crippen LogP contribution >= 0.6 is 27.7 Å². The Hall–Kier alpha value is -2.27. The molecule has 0 saturated carbocycles. The quantitative estimate of drug-likeness (QED) is 0.705. The van der Waals surface area contributed by atoms with Crippen LogP contribution in [0.5, 0.6) is 0 Å². The van der Waals surface area contributed by atoms with Gasteiger partial charge in [-0.25, -0.2) is 4.39 Å². The van der Waals surface area contributed by atoms with Crippen molar-refractivity contribution in [2.45, 2.75) is 5.92 Å². The van der Waals surface area contributed by atoms with Gasteiger partial charge in [0.25, 0.3) is 0 Å². The highest BCUT2D eigenvalue weighted by molar-refractivity contribution is 9.10. The lowest BCUT2D eigenvalue weighted by molar-refractivity contribution is 0.461. The minimum Gasteiger partial charge on any atom is -0.399 e. The van der Waals surface area contributed by atoms with Crippen LogP contribution < -0.4 is 5.73 Å². The second kappa shape index (κ2) is 6.56. The van der Waals surface area contributed by atoms with Crippen LogP contribution in [0.3, 0.4) is 0 Å². The lowest BCUT2D eigenvalue weighted by Gasteiger charge is -2.42. The lowest BCUT2D eigenvalue weighted by Crippen LogP contribution is -2.42. The first kappa shape index (κ1) is 17.5. The second-order valence-electron chi connectivity index (χ2n) is 5.86. The summed E-state index contributed by atoms with van der Waals surface area (Å²) in [5, 5.41) is 29.1. The number of nitrogens with two attached hydrogens (primary N) is 1. The first-order valence-electron chi connectivity index (χ1n) is 7.46. The van der Waals surface area contributed by atoms with E-state index in [9.17, 15) is 20.2 Å². The van der Waals surface area contributed by atoms with E-state index in [1.807, 2.05) is 24.3 Å². The predicted molar refractivity (Wildman–Crippen MR) is 96.2 cm³/mol. The molecule has 1 heterocycles. The van der Waals surface area contributed by atoms with Crippen LogP contribution in [0.2, 0.25) is 0 Å². The van der Waals surface area contributed by atoms with Gasteiger partial charge < -0.3 is 5.73 Å². The van der Waals surface area contributed by atoms with E-state index in [-0.39, 0.29) is 17.2 Å². The molecule has 7 heteroatoms. The average molecular weight is 415 g/mol. The summed E-state index contributed by atoms with van der Waals surface area (Å²) < 4.78 is 15.2. The van der Waals surface area contributed by atoms with Gasteiger partial charge in [0.2, 0.25) is 5.41 Å². The Bertz CT molecular complexity index is 918. The molecule has 1 aliphatic heterocycles. The molecule has 0 spiro atoms. The molecule has 0 unspecified atom stereocenters. The van der Waals surface area contributed by atoms with Crippen molar-refractivity contribution in [1.82, 2.24) is 0 Å². The molecule has 0 radical (unpaired) electrons. The van der Waals surface area contributed by atoms with Crippen LogP contribution in [0.15, 0.2) is 45.6 Å². The van der Waals surface area contributed by atoms with E-state index in [1.54, 1.807) is 23.9 Å². The van der Waals surface area contributed by atoms with Gasteiger partial charge in [-0.2, -0.15) is 27.5 Å². The third-order valence-corrected chi connectivity index (χ3v) is 6.20. The molecule has 2 N–H and O–H groups in total. The third-order valence-electron chi connectivity index (χ3n) is 4.71. The monoisotopic (exact) mass is 414 g/mol. The van der Waals surface area contributed by atoms with E-state index < -0.39 is 17.2 Å². The number of halogens is 2. The molecule has 0 aromatic heterocycles. The molecule has 3 rings (SSSR count). The number of rotatable bonds is 1. The Morgan fingerprint density at radius 2 is 2.00 bits per heavy atom. The zero-order chi connectivity index (χ0) is 18.2. The number of allylic oxidation sites excluding steroid dienone is 2. The molecule has 2 aliphatic rings. The van der Waals surface area contributed by atoms with Crippen LogP contribution in [-0.2, 0) is 0 Å². The molecule has 4 nitrogen and oxygen atoms in total. The van der Waals surface area contributed by atoms with Gasteiger partial charge in [0.15, 0.2) is 0 Å². The van der Waals surface area contributed by atoms with Crippen LogP contribution in [0.25, 0.3) is 0 Å². The Morgan fingerprint density at radius 3 is 2.64 bits per heavy atom. The molecular weight excluding hydrogens is 403 g/mol. The molecular formula is C18H12BrFN4S. The molecule has 1 aliphatic carbocycles. The standard InChI is InChI=1S/C18H12BrFN4S/c19-10-1-2-15(20)11(5-10)16-12(6-21)17(24)18(8-22,9-23)14-3-4-25-7-13(14)16/h1-3,5,13,16H,4,7,24H2/t13-,16+/m0/s1. The van der Waals surface area contributed by atoms with Gasteiger partial charge in [-0.1, -0.05) is 22.0 Å². The van der Waals surface area contributed by atoms with E-state index in [0.29, 0.717) is 27.1 Å². The Kier molecular flexibility index (Phi) is 4.60. The Balaban J connectivity index is 2.35. The molecule has 1 aromatic rings. The van der Waals surface area contributed by atoms with Gasteiger partial charge in [0, 0.05) is 27.8 Å². The van der Waals surface area contributed by atoms with E-state index in [4.69, 9.17) is 5.73 Å². The predicted octanol–water partition coefficient (Wildman–Crippen LogP) is 3.74. The summed E-state index contributed by atoms with van der Waals surface area (Å²) in [5.41, 5.74) is 5.43. The summed E-state index contributed by atoms with van der Waals surface area (Å²) in [4.78, 5) is 0. The van der Waals surface area contributed by atoms with Crippen LogP contribution in [0.4, 0.5) is 4.39 Å². The summed E-state index contributed by atoms with van der Waals surface area (Å²) in [5.74, 6) is -0.142. The zero-order valence-corrected chi connectivity index (χ0v) is 15.4. The van der Waals surface area contributed by atoms with Crippen molar-refractivity contribution in [2.24, 2.45) is 17.1 Å². The molecule has 25 heavy (non-hydrogen) atoms. The van der Waals surface area contributed by atoms with Crippen LogP contribution in [0, 0.1) is 51.1 Å². The molecule has 0 saturated heterocycles. The van der Waals surface area contributed by atoms with Crippen molar-refractivity contribution in [3.8, 4) is 18.2 Å². The van der Waals surface area contributed by atoms with E-state index >= 15 is 0 Å². The maximum atomic E-state index is 14.6.